The van der Waals surface area contributed by atoms with Crippen molar-refractivity contribution >= 4 is 23.2 Å². The van der Waals surface area contributed by atoms with Crippen LogP contribution in [0.1, 0.15) is 16.2 Å². The molecule has 0 aliphatic rings. The van der Waals surface area contributed by atoms with E-state index in [1.165, 1.54) is 26.6 Å². The molecule has 34 heavy (non-hydrogen) atoms. The molecule has 2 aromatic heterocycles. The molecule has 0 aliphatic heterocycles. The van der Waals surface area contributed by atoms with Gasteiger partial charge in [-0.3, -0.25) is 4.79 Å². The predicted octanol–water partition coefficient (Wildman–Crippen LogP) is 3.82. The Kier molecular flexibility index (Phi) is 6.55. The van der Waals surface area contributed by atoms with E-state index in [0.717, 1.165) is 5.56 Å². The lowest BCUT2D eigenvalue weighted by molar-refractivity contribution is 0.101. The third kappa shape index (κ3) is 5.05. The molecule has 1 amide bonds. The van der Waals surface area contributed by atoms with Gasteiger partial charge < -0.3 is 20.1 Å². The molecule has 0 bridgehead atoms. The SMILES string of the molecule is COc1cc(NC(=O)c2ncccn2)cc(Nc2nccc(-c3ccc(OC)c(C#N)c3)n2)c1. The molecular weight excluding hydrogens is 434 g/mol. The Hall–Kier alpha value is -5.04. The minimum atomic E-state index is -0.453. The molecule has 0 unspecified atom stereocenters. The van der Waals surface area contributed by atoms with Crippen molar-refractivity contribution < 1.29 is 14.3 Å². The summed E-state index contributed by atoms with van der Waals surface area (Å²) in [5.74, 6) is 0.923. The van der Waals surface area contributed by atoms with E-state index in [4.69, 9.17) is 9.47 Å². The van der Waals surface area contributed by atoms with E-state index in [-0.39, 0.29) is 5.82 Å². The minimum Gasteiger partial charge on any atom is -0.497 e. The molecule has 4 aromatic rings. The fraction of sp³-hybridized carbons (Fsp3) is 0.0833. The number of hydrogen-bond donors (Lipinski definition) is 2. The van der Waals surface area contributed by atoms with Crippen LogP contribution in [0.2, 0.25) is 0 Å². The molecule has 2 heterocycles. The number of hydrogen-bond acceptors (Lipinski definition) is 9. The maximum Gasteiger partial charge on any atom is 0.293 e. The van der Waals surface area contributed by atoms with E-state index in [0.29, 0.717) is 40.1 Å². The number of carbonyl (C=O) groups is 1. The molecule has 0 radical (unpaired) electrons. The third-order valence-electron chi connectivity index (χ3n) is 4.70. The third-order valence-corrected chi connectivity index (χ3v) is 4.70. The fourth-order valence-corrected chi connectivity index (χ4v) is 3.13. The summed E-state index contributed by atoms with van der Waals surface area (Å²) in [5, 5.41) is 15.2. The molecule has 0 fully saturated rings. The van der Waals surface area contributed by atoms with Crippen LogP contribution in [0.4, 0.5) is 17.3 Å². The quantitative estimate of drug-likeness (QED) is 0.428. The summed E-state index contributed by atoms with van der Waals surface area (Å²) in [4.78, 5) is 29.1. The second-order valence-corrected chi connectivity index (χ2v) is 6.89. The van der Waals surface area contributed by atoms with Gasteiger partial charge in [0.2, 0.25) is 11.8 Å². The highest BCUT2D eigenvalue weighted by molar-refractivity contribution is 6.01. The Morgan fingerprint density at radius 1 is 0.941 bits per heavy atom. The molecule has 10 nitrogen and oxygen atoms in total. The first-order chi connectivity index (χ1) is 16.6. The zero-order valence-electron chi connectivity index (χ0n) is 18.3. The van der Waals surface area contributed by atoms with Crippen molar-refractivity contribution in [1.82, 2.24) is 19.9 Å². The topological polar surface area (TPSA) is 135 Å². The van der Waals surface area contributed by atoms with E-state index in [1.54, 1.807) is 48.7 Å². The highest BCUT2D eigenvalue weighted by Gasteiger charge is 2.12. The van der Waals surface area contributed by atoms with Crippen LogP contribution in [0, 0.1) is 11.3 Å². The molecule has 2 aromatic carbocycles. The number of nitrogens with one attached hydrogen (secondary N) is 2. The van der Waals surface area contributed by atoms with Gasteiger partial charge in [0.05, 0.1) is 25.5 Å². The summed E-state index contributed by atoms with van der Waals surface area (Å²) in [6, 6.07) is 15.8. The van der Waals surface area contributed by atoms with Crippen LogP contribution in [0.5, 0.6) is 11.5 Å². The molecule has 0 spiro atoms. The predicted molar refractivity (Wildman–Crippen MR) is 125 cm³/mol. The summed E-state index contributed by atoms with van der Waals surface area (Å²) in [6.45, 7) is 0. The molecule has 0 saturated heterocycles. The van der Waals surface area contributed by atoms with Crippen molar-refractivity contribution in [3.05, 3.63) is 78.5 Å². The highest BCUT2D eigenvalue weighted by atomic mass is 16.5. The summed E-state index contributed by atoms with van der Waals surface area (Å²) in [7, 11) is 3.04. The second-order valence-electron chi connectivity index (χ2n) is 6.89. The fourth-order valence-electron chi connectivity index (χ4n) is 3.13. The van der Waals surface area contributed by atoms with Crippen LogP contribution in [0.25, 0.3) is 11.3 Å². The second kappa shape index (κ2) is 10.1. The zero-order valence-corrected chi connectivity index (χ0v) is 18.3. The first kappa shape index (κ1) is 22.2. The number of carbonyl (C=O) groups excluding carboxylic acids is 1. The molecule has 0 atom stereocenters. The van der Waals surface area contributed by atoms with Crippen LogP contribution in [-0.4, -0.2) is 40.1 Å². The number of nitriles is 1. The Morgan fingerprint density at radius 3 is 2.47 bits per heavy atom. The maximum atomic E-state index is 12.4. The average Bonchev–Trinajstić information content (AvgIpc) is 2.88. The number of rotatable bonds is 7. The zero-order chi connectivity index (χ0) is 23.9. The minimum absolute atomic E-state index is 0.0482. The van der Waals surface area contributed by atoms with Gasteiger partial charge in [0.25, 0.3) is 5.91 Å². The van der Waals surface area contributed by atoms with Crippen LogP contribution >= 0.6 is 0 Å². The Bertz CT molecular complexity index is 1370. The average molecular weight is 453 g/mol. The van der Waals surface area contributed by atoms with E-state index in [2.05, 4.69) is 36.6 Å². The van der Waals surface area contributed by atoms with E-state index in [1.807, 2.05) is 6.07 Å². The van der Waals surface area contributed by atoms with Gasteiger partial charge in [-0.2, -0.15) is 5.26 Å². The molecular formula is C24H19N7O3. The highest BCUT2D eigenvalue weighted by Crippen LogP contribution is 2.28. The van der Waals surface area contributed by atoms with Gasteiger partial charge in [-0.05, 0) is 36.4 Å². The lowest BCUT2D eigenvalue weighted by atomic mass is 10.1. The number of anilines is 3. The van der Waals surface area contributed by atoms with Crippen LogP contribution in [0.3, 0.4) is 0 Å². The van der Waals surface area contributed by atoms with Crippen molar-refractivity contribution in [2.75, 3.05) is 24.9 Å². The summed E-state index contributed by atoms with van der Waals surface area (Å²) >= 11 is 0. The Labute approximate surface area is 195 Å². The van der Waals surface area contributed by atoms with Crippen molar-refractivity contribution in [1.29, 1.82) is 5.26 Å². The van der Waals surface area contributed by atoms with E-state index in [9.17, 15) is 10.1 Å². The first-order valence-electron chi connectivity index (χ1n) is 10.1. The van der Waals surface area contributed by atoms with Gasteiger partial charge in [-0.25, -0.2) is 19.9 Å². The Balaban J connectivity index is 1.59. The first-order valence-corrected chi connectivity index (χ1v) is 10.1. The molecule has 10 heteroatoms. The molecule has 168 valence electrons. The monoisotopic (exact) mass is 453 g/mol. The molecule has 0 saturated carbocycles. The lowest BCUT2D eigenvalue weighted by Gasteiger charge is -2.12. The summed E-state index contributed by atoms with van der Waals surface area (Å²) in [5.41, 5.74) is 2.83. The lowest BCUT2D eigenvalue weighted by Crippen LogP contribution is -2.15. The smallest absolute Gasteiger partial charge is 0.293 e. The standard InChI is InChI=1S/C24H19N7O3/c1-33-19-12-17(29-23(32)22-26-7-3-8-27-22)11-18(13-19)30-24-28-9-6-20(31-24)15-4-5-21(34-2)16(10-15)14-25/h3-13H,1-2H3,(H,29,32)(H,28,30,31). The van der Waals surface area contributed by atoms with Crippen LogP contribution in [-0.2, 0) is 0 Å². The van der Waals surface area contributed by atoms with Gasteiger partial charge in [-0.1, -0.05) is 0 Å². The van der Waals surface area contributed by atoms with Gasteiger partial charge in [0.15, 0.2) is 0 Å². The largest absolute Gasteiger partial charge is 0.497 e. The number of amides is 1. The number of nitrogens with zero attached hydrogens (tertiary/aromatic N) is 5. The van der Waals surface area contributed by atoms with Crippen LogP contribution in [0.15, 0.2) is 67.1 Å². The number of ether oxygens (including phenoxy) is 2. The van der Waals surface area contributed by atoms with Crippen molar-refractivity contribution in [2.24, 2.45) is 0 Å². The normalized spacial score (nSPS) is 10.1. The van der Waals surface area contributed by atoms with E-state index >= 15 is 0 Å². The number of aromatic nitrogens is 4. The Morgan fingerprint density at radius 2 is 1.74 bits per heavy atom. The number of methoxy groups -OCH3 is 2. The van der Waals surface area contributed by atoms with Gasteiger partial charge >= 0.3 is 0 Å². The summed E-state index contributed by atoms with van der Waals surface area (Å²) < 4.78 is 10.6. The van der Waals surface area contributed by atoms with Crippen molar-refractivity contribution in [3.63, 3.8) is 0 Å². The van der Waals surface area contributed by atoms with Crippen molar-refractivity contribution in [2.45, 2.75) is 0 Å². The van der Waals surface area contributed by atoms with Crippen LogP contribution < -0.4 is 20.1 Å². The molecule has 0 aliphatic carbocycles. The molecule has 2 N–H and O–H groups in total. The van der Waals surface area contributed by atoms with Crippen molar-refractivity contribution in [3.8, 4) is 28.8 Å². The van der Waals surface area contributed by atoms with Gasteiger partial charge in [0, 0.05) is 47.7 Å². The summed E-state index contributed by atoms with van der Waals surface area (Å²) in [6.07, 6.45) is 4.59. The van der Waals surface area contributed by atoms with E-state index < -0.39 is 5.91 Å². The maximum absolute atomic E-state index is 12.4. The molecule has 4 rings (SSSR count). The van der Waals surface area contributed by atoms with Gasteiger partial charge in [0.1, 0.15) is 17.6 Å². The van der Waals surface area contributed by atoms with Gasteiger partial charge in [-0.15, -0.1) is 0 Å². The number of benzene rings is 2.